The number of halogens is 1. The minimum atomic E-state index is 0.0134. The number of hydrogen-bond donors (Lipinski definition) is 1. The highest BCUT2D eigenvalue weighted by Crippen LogP contribution is 2.18. The van der Waals surface area contributed by atoms with Crippen molar-refractivity contribution in [3.63, 3.8) is 0 Å². The first-order chi connectivity index (χ1) is 10.0. The van der Waals surface area contributed by atoms with Gasteiger partial charge in [0.25, 0.3) is 5.91 Å². The topological polar surface area (TPSA) is 37.3 Å². The van der Waals surface area contributed by atoms with Gasteiger partial charge in [0.1, 0.15) is 5.69 Å². The van der Waals surface area contributed by atoms with Crippen molar-refractivity contribution in [2.75, 3.05) is 19.6 Å². The van der Waals surface area contributed by atoms with Crippen LogP contribution in [0.1, 0.15) is 44.1 Å². The third kappa shape index (κ3) is 4.33. The molecular formula is C16H26BrN3O. The second-order valence-corrected chi connectivity index (χ2v) is 7.05. The molecule has 5 heteroatoms. The van der Waals surface area contributed by atoms with Gasteiger partial charge >= 0.3 is 0 Å². The zero-order valence-corrected chi connectivity index (χ0v) is 14.8. The molecule has 1 amide bonds. The molecule has 2 atom stereocenters. The standard InChI is InChI=1S/C16H26BrN3O/c1-4-19-11-14(17)8-15(19)16(21)18-9-13(3)20-7-5-6-12(2)10-20/h8,11-13H,4-7,9-10H2,1-3H3,(H,18,21). The Bertz CT molecular complexity index is 486. The van der Waals surface area contributed by atoms with Crippen LogP contribution >= 0.6 is 15.9 Å². The molecule has 4 nitrogen and oxygen atoms in total. The summed E-state index contributed by atoms with van der Waals surface area (Å²) in [6.07, 6.45) is 4.55. The second kappa shape index (κ2) is 7.45. The van der Waals surface area contributed by atoms with E-state index in [1.165, 1.54) is 12.8 Å². The Balaban J connectivity index is 1.88. The molecule has 1 aliphatic rings. The molecule has 0 bridgehead atoms. The molecule has 0 radical (unpaired) electrons. The first-order valence-electron chi connectivity index (χ1n) is 7.89. The molecule has 0 saturated carbocycles. The summed E-state index contributed by atoms with van der Waals surface area (Å²) in [5, 5.41) is 3.08. The minimum absolute atomic E-state index is 0.0134. The molecule has 1 aliphatic heterocycles. The number of hydrogen-bond acceptors (Lipinski definition) is 2. The Morgan fingerprint density at radius 1 is 1.57 bits per heavy atom. The average Bonchev–Trinajstić information content (AvgIpc) is 2.85. The maximum absolute atomic E-state index is 12.3. The van der Waals surface area contributed by atoms with E-state index in [1.54, 1.807) is 0 Å². The highest BCUT2D eigenvalue weighted by atomic mass is 79.9. The number of carbonyl (C=O) groups excluding carboxylic acids is 1. The number of aryl methyl sites for hydroxylation is 1. The van der Waals surface area contributed by atoms with E-state index in [1.807, 2.05) is 23.8 Å². The molecule has 1 aromatic heterocycles. The van der Waals surface area contributed by atoms with Gasteiger partial charge in [0.2, 0.25) is 0 Å². The third-order valence-electron chi connectivity index (χ3n) is 4.31. The van der Waals surface area contributed by atoms with E-state index in [0.717, 1.165) is 35.7 Å². The fourth-order valence-corrected chi connectivity index (χ4v) is 3.48. The number of piperidine rings is 1. The summed E-state index contributed by atoms with van der Waals surface area (Å²) < 4.78 is 2.92. The molecule has 1 saturated heterocycles. The van der Waals surface area contributed by atoms with Crippen LogP contribution in [0.25, 0.3) is 0 Å². The SMILES string of the molecule is CCn1cc(Br)cc1C(=O)NCC(C)N1CCCC(C)C1. The van der Waals surface area contributed by atoms with E-state index in [9.17, 15) is 4.79 Å². The third-order valence-corrected chi connectivity index (χ3v) is 4.74. The van der Waals surface area contributed by atoms with Gasteiger partial charge in [0, 0.05) is 36.3 Å². The van der Waals surface area contributed by atoms with Gasteiger partial charge < -0.3 is 9.88 Å². The summed E-state index contributed by atoms with van der Waals surface area (Å²) in [5.41, 5.74) is 0.726. The van der Waals surface area contributed by atoms with Gasteiger partial charge in [-0.1, -0.05) is 6.92 Å². The maximum atomic E-state index is 12.3. The van der Waals surface area contributed by atoms with E-state index >= 15 is 0 Å². The minimum Gasteiger partial charge on any atom is -0.349 e. The Morgan fingerprint density at radius 2 is 2.33 bits per heavy atom. The van der Waals surface area contributed by atoms with Crippen LogP contribution in [-0.4, -0.2) is 41.1 Å². The fourth-order valence-electron chi connectivity index (χ4n) is 3.01. The van der Waals surface area contributed by atoms with Gasteiger partial charge in [-0.05, 0) is 61.1 Å². The van der Waals surface area contributed by atoms with Gasteiger partial charge in [-0.3, -0.25) is 9.69 Å². The molecule has 1 fully saturated rings. The van der Waals surface area contributed by atoms with Crippen LogP contribution in [0.3, 0.4) is 0 Å². The quantitative estimate of drug-likeness (QED) is 0.880. The molecule has 0 aromatic carbocycles. The highest BCUT2D eigenvalue weighted by molar-refractivity contribution is 9.10. The number of carbonyl (C=O) groups is 1. The van der Waals surface area contributed by atoms with Crippen molar-refractivity contribution in [3.8, 4) is 0 Å². The van der Waals surface area contributed by atoms with E-state index in [4.69, 9.17) is 0 Å². The van der Waals surface area contributed by atoms with Gasteiger partial charge in [-0.2, -0.15) is 0 Å². The number of nitrogens with one attached hydrogen (secondary N) is 1. The zero-order valence-electron chi connectivity index (χ0n) is 13.2. The molecule has 21 heavy (non-hydrogen) atoms. The molecule has 2 rings (SSSR count). The Hall–Kier alpha value is -0.810. The Morgan fingerprint density at radius 3 is 3.00 bits per heavy atom. The summed E-state index contributed by atoms with van der Waals surface area (Å²) in [5.74, 6) is 0.782. The van der Waals surface area contributed by atoms with Gasteiger partial charge in [0.05, 0.1) is 0 Å². The molecular weight excluding hydrogens is 330 g/mol. The normalized spacial score (nSPS) is 21.2. The second-order valence-electron chi connectivity index (χ2n) is 6.13. The van der Waals surface area contributed by atoms with E-state index in [0.29, 0.717) is 12.6 Å². The number of amides is 1. The average molecular weight is 356 g/mol. The van der Waals surface area contributed by atoms with Crippen molar-refractivity contribution in [1.82, 2.24) is 14.8 Å². The van der Waals surface area contributed by atoms with E-state index in [-0.39, 0.29) is 5.91 Å². The highest BCUT2D eigenvalue weighted by Gasteiger charge is 2.21. The fraction of sp³-hybridized carbons (Fsp3) is 0.688. The van der Waals surface area contributed by atoms with Crippen molar-refractivity contribution in [3.05, 3.63) is 22.4 Å². The van der Waals surface area contributed by atoms with Crippen LogP contribution < -0.4 is 5.32 Å². The monoisotopic (exact) mass is 355 g/mol. The summed E-state index contributed by atoms with van der Waals surface area (Å²) in [7, 11) is 0. The van der Waals surface area contributed by atoms with Crippen LogP contribution in [0.4, 0.5) is 0 Å². The number of nitrogens with zero attached hydrogens (tertiary/aromatic N) is 2. The van der Waals surface area contributed by atoms with Crippen LogP contribution in [0.5, 0.6) is 0 Å². The van der Waals surface area contributed by atoms with Crippen molar-refractivity contribution in [2.24, 2.45) is 5.92 Å². The van der Waals surface area contributed by atoms with E-state index in [2.05, 4.69) is 40.0 Å². The van der Waals surface area contributed by atoms with Crippen LogP contribution in [0.15, 0.2) is 16.7 Å². The summed E-state index contributed by atoms with van der Waals surface area (Å²) >= 11 is 3.43. The molecule has 118 valence electrons. The first-order valence-corrected chi connectivity index (χ1v) is 8.68. The number of likely N-dealkylation sites (tertiary alicyclic amines) is 1. The molecule has 1 aromatic rings. The van der Waals surface area contributed by atoms with Crippen molar-refractivity contribution in [2.45, 2.75) is 46.2 Å². The Kier molecular flexibility index (Phi) is 5.88. The lowest BCUT2D eigenvalue weighted by atomic mass is 9.99. The zero-order chi connectivity index (χ0) is 15.4. The van der Waals surface area contributed by atoms with Gasteiger partial charge in [-0.15, -0.1) is 0 Å². The van der Waals surface area contributed by atoms with Gasteiger partial charge in [0.15, 0.2) is 0 Å². The van der Waals surface area contributed by atoms with Crippen molar-refractivity contribution >= 4 is 21.8 Å². The lowest BCUT2D eigenvalue weighted by Crippen LogP contribution is -2.46. The van der Waals surface area contributed by atoms with Crippen molar-refractivity contribution in [1.29, 1.82) is 0 Å². The molecule has 1 N–H and O–H groups in total. The largest absolute Gasteiger partial charge is 0.349 e. The molecule has 2 unspecified atom stereocenters. The molecule has 0 aliphatic carbocycles. The van der Waals surface area contributed by atoms with Crippen molar-refractivity contribution < 1.29 is 4.79 Å². The van der Waals surface area contributed by atoms with Crippen LogP contribution in [0, 0.1) is 5.92 Å². The lowest BCUT2D eigenvalue weighted by molar-refractivity contribution is 0.0908. The van der Waals surface area contributed by atoms with Crippen LogP contribution in [0.2, 0.25) is 0 Å². The van der Waals surface area contributed by atoms with E-state index < -0.39 is 0 Å². The van der Waals surface area contributed by atoms with Crippen LogP contribution in [-0.2, 0) is 6.54 Å². The smallest absolute Gasteiger partial charge is 0.267 e. The number of rotatable bonds is 5. The predicted molar refractivity (Wildman–Crippen MR) is 89.6 cm³/mol. The first kappa shape index (κ1) is 16.6. The maximum Gasteiger partial charge on any atom is 0.267 e. The van der Waals surface area contributed by atoms with Gasteiger partial charge in [-0.25, -0.2) is 0 Å². The number of aromatic nitrogens is 1. The lowest BCUT2D eigenvalue weighted by Gasteiger charge is -2.35. The summed E-state index contributed by atoms with van der Waals surface area (Å²) in [6, 6.07) is 2.28. The molecule has 0 spiro atoms. The summed E-state index contributed by atoms with van der Waals surface area (Å²) in [6.45, 7) is 10.4. The predicted octanol–water partition coefficient (Wildman–Crippen LogP) is 3.12. The summed E-state index contributed by atoms with van der Waals surface area (Å²) in [4.78, 5) is 14.8. The molecule has 2 heterocycles. The Labute approximate surface area is 136 Å².